The van der Waals surface area contributed by atoms with E-state index in [1.54, 1.807) is 11.3 Å². The van der Waals surface area contributed by atoms with Gasteiger partial charge in [0.25, 0.3) is 0 Å². The van der Waals surface area contributed by atoms with E-state index in [4.69, 9.17) is 0 Å². The van der Waals surface area contributed by atoms with Crippen LogP contribution in [0.15, 0.2) is 17.5 Å². The van der Waals surface area contributed by atoms with Crippen LogP contribution < -0.4 is 5.32 Å². The first-order valence-corrected chi connectivity index (χ1v) is 9.63. The fourth-order valence-electron chi connectivity index (χ4n) is 2.04. The van der Waals surface area contributed by atoms with Crippen LogP contribution in [-0.4, -0.2) is 51.0 Å². The smallest absolute Gasteiger partial charge is 0.148 e. The van der Waals surface area contributed by atoms with Crippen molar-refractivity contribution in [1.29, 1.82) is 0 Å². The van der Waals surface area contributed by atoms with Crippen LogP contribution in [0.25, 0.3) is 0 Å². The average molecular weight is 302 g/mol. The van der Waals surface area contributed by atoms with Crippen molar-refractivity contribution in [2.75, 3.05) is 31.6 Å². The lowest BCUT2D eigenvalue weighted by molar-refractivity contribution is 0.257. The summed E-state index contributed by atoms with van der Waals surface area (Å²) in [6, 6.07) is 5.01. The molecule has 1 aromatic heterocycles. The molecule has 1 fully saturated rings. The Balaban J connectivity index is 1.67. The van der Waals surface area contributed by atoms with Crippen molar-refractivity contribution in [3.8, 4) is 0 Å². The zero-order valence-corrected chi connectivity index (χ0v) is 13.0. The van der Waals surface area contributed by atoms with E-state index in [1.165, 1.54) is 24.0 Å². The molecule has 0 radical (unpaired) electrons. The van der Waals surface area contributed by atoms with Crippen molar-refractivity contribution in [2.45, 2.75) is 25.4 Å². The first-order valence-electron chi connectivity index (χ1n) is 6.69. The SMILES string of the molecule is CS(=O)(=O)CCNCCN(Cc1cccs1)C1CC1. The van der Waals surface area contributed by atoms with Gasteiger partial charge in [0.05, 0.1) is 5.75 Å². The maximum Gasteiger partial charge on any atom is 0.148 e. The van der Waals surface area contributed by atoms with Crippen molar-refractivity contribution in [3.63, 3.8) is 0 Å². The Hall–Kier alpha value is -0.430. The predicted molar refractivity (Wildman–Crippen MR) is 80.3 cm³/mol. The summed E-state index contributed by atoms with van der Waals surface area (Å²) in [6.07, 6.45) is 3.88. The van der Waals surface area contributed by atoms with Crippen LogP contribution in [-0.2, 0) is 16.4 Å². The molecule has 1 aromatic rings. The van der Waals surface area contributed by atoms with E-state index in [0.29, 0.717) is 6.54 Å². The van der Waals surface area contributed by atoms with Crippen LogP contribution in [0.5, 0.6) is 0 Å². The normalized spacial score (nSPS) is 16.1. The molecule has 6 heteroatoms. The number of hydrogen-bond acceptors (Lipinski definition) is 5. The van der Waals surface area contributed by atoms with Crippen LogP contribution >= 0.6 is 11.3 Å². The van der Waals surface area contributed by atoms with E-state index in [2.05, 4.69) is 27.7 Å². The third-order valence-electron chi connectivity index (χ3n) is 3.23. The predicted octanol–water partition coefficient (Wildman–Crippen LogP) is 1.35. The Bertz CT molecular complexity index is 467. The molecular weight excluding hydrogens is 280 g/mol. The van der Waals surface area contributed by atoms with Gasteiger partial charge in [-0.25, -0.2) is 8.42 Å². The van der Waals surface area contributed by atoms with Crippen LogP contribution in [0.4, 0.5) is 0 Å². The van der Waals surface area contributed by atoms with Crippen LogP contribution in [0.1, 0.15) is 17.7 Å². The second-order valence-electron chi connectivity index (χ2n) is 5.16. The third kappa shape index (κ3) is 6.03. The first-order chi connectivity index (χ1) is 9.04. The first kappa shape index (κ1) is 15.0. The molecule has 1 aliphatic rings. The van der Waals surface area contributed by atoms with Crippen molar-refractivity contribution >= 4 is 21.2 Å². The molecule has 19 heavy (non-hydrogen) atoms. The van der Waals surface area contributed by atoms with E-state index < -0.39 is 9.84 Å². The molecule has 1 saturated carbocycles. The molecule has 0 unspecified atom stereocenters. The van der Waals surface area contributed by atoms with Crippen molar-refractivity contribution in [3.05, 3.63) is 22.4 Å². The highest BCUT2D eigenvalue weighted by atomic mass is 32.2. The van der Waals surface area contributed by atoms with Gasteiger partial charge < -0.3 is 5.32 Å². The summed E-state index contributed by atoms with van der Waals surface area (Å²) in [6.45, 7) is 3.43. The van der Waals surface area contributed by atoms with Crippen LogP contribution in [0.2, 0.25) is 0 Å². The highest BCUT2D eigenvalue weighted by Gasteiger charge is 2.28. The molecule has 0 saturated heterocycles. The maximum atomic E-state index is 11.0. The van der Waals surface area contributed by atoms with E-state index in [1.807, 2.05) is 0 Å². The molecule has 4 nitrogen and oxygen atoms in total. The zero-order chi connectivity index (χ0) is 13.7. The number of nitrogens with one attached hydrogen (secondary N) is 1. The maximum absolute atomic E-state index is 11.0. The van der Waals surface area contributed by atoms with Gasteiger partial charge in [0.1, 0.15) is 9.84 Å². The summed E-state index contributed by atoms with van der Waals surface area (Å²) in [5, 5.41) is 5.33. The van der Waals surface area contributed by atoms with Gasteiger partial charge in [-0.3, -0.25) is 4.90 Å². The summed E-state index contributed by atoms with van der Waals surface area (Å²) in [5.41, 5.74) is 0. The Morgan fingerprint density at radius 2 is 2.21 bits per heavy atom. The second-order valence-corrected chi connectivity index (χ2v) is 8.45. The van der Waals surface area contributed by atoms with E-state index in [9.17, 15) is 8.42 Å². The standard InChI is InChI=1S/C13H22N2O2S2/c1-19(16,17)10-7-14-6-8-15(12-4-5-12)11-13-3-2-9-18-13/h2-3,9,12,14H,4-8,10-11H2,1H3. The van der Waals surface area contributed by atoms with E-state index in [0.717, 1.165) is 25.7 Å². The molecule has 0 spiro atoms. The van der Waals surface area contributed by atoms with E-state index >= 15 is 0 Å². The Morgan fingerprint density at radius 3 is 2.79 bits per heavy atom. The van der Waals surface area contributed by atoms with Crippen LogP contribution in [0.3, 0.4) is 0 Å². The summed E-state index contributed by atoms with van der Waals surface area (Å²) < 4.78 is 22.0. The van der Waals surface area contributed by atoms with Gasteiger partial charge in [-0.05, 0) is 24.3 Å². The van der Waals surface area contributed by atoms with Gasteiger partial charge in [0, 0.05) is 43.4 Å². The van der Waals surface area contributed by atoms with Crippen LogP contribution in [0, 0.1) is 0 Å². The summed E-state index contributed by atoms with van der Waals surface area (Å²) in [5.74, 6) is 0.224. The molecule has 1 N–H and O–H groups in total. The fourth-order valence-corrected chi connectivity index (χ4v) is 3.28. The molecule has 0 aliphatic heterocycles. The largest absolute Gasteiger partial charge is 0.314 e. The number of hydrogen-bond donors (Lipinski definition) is 1. The number of sulfone groups is 1. The third-order valence-corrected chi connectivity index (χ3v) is 5.03. The average Bonchev–Trinajstić information content (AvgIpc) is 3.04. The minimum Gasteiger partial charge on any atom is -0.314 e. The zero-order valence-electron chi connectivity index (χ0n) is 11.3. The quantitative estimate of drug-likeness (QED) is 0.700. The lowest BCUT2D eigenvalue weighted by atomic mass is 10.4. The summed E-state index contributed by atoms with van der Waals surface area (Å²) >= 11 is 1.80. The van der Waals surface area contributed by atoms with Gasteiger partial charge >= 0.3 is 0 Å². The highest BCUT2D eigenvalue weighted by molar-refractivity contribution is 7.90. The van der Waals surface area contributed by atoms with Gasteiger partial charge in [0.2, 0.25) is 0 Å². The van der Waals surface area contributed by atoms with E-state index in [-0.39, 0.29) is 5.75 Å². The van der Waals surface area contributed by atoms with Gasteiger partial charge in [-0.15, -0.1) is 11.3 Å². The number of rotatable bonds is 9. The lowest BCUT2D eigenvalue weighted by Gasteiger charge is -2.21. The second kappa shape index (κ2) is 6.83. The minimum atomic E-state index is -2.84. The fraction of sp³-hybridized carbons (Fsp3) is 0.692. The Kier molecular flexibility index (Phi) is 5.38. The molecule has 0 atom stereocenters. The Labute approximate surface area is 119 Å². The number of thiophene rings is 1. The highest BCUT2D eigenvalue weighted by Crippen LogP contribution is 2.28. The van der Waals surface area contributed by atoms with Gasteiger partial charge in [0.15, 0.2) is 0 Å². The van der Waals surface area contributed by atoms with Gasteiger partial charge in [-0.1, -0.05) is 6.07 Å². The molecule has 108 valence electrons. The molecule has 0 aromatic carbocycles. The number of nitrogens with zero attached hydrogens (tertiary/aromatic N) is 1. The molecule has 0 bridgehead atoms. The monoisotopic (exact) mass is 302 g/mol. The molecule has 0 amide bonds. The van der Waals surface area contributed by atoms with Gasteiger partial charge in [-0.2, -0.15) is 0 Å². The van der Waals surface area contributed by atoms with Crippen molar-refractivity contribution in [2.24, 2.45) is 0 Å². The molecular formula is C13H22N2O2S2. The lowest BCUT2D eigenvalue weighted by Crippen LogP contribution is -2.34. The van der Waals surface area contributed by atoms with Crippen molar-refractivity contribution < 1.29 is 8.42 Å². The van der Waals surface area contributed by atoms with Crippen molar-refractivity contribution in [1.82, 2.24) is 10.2 Å². The molecule has 1 heterocycles. The summed E-state index contributed by atoms with van der Waals surface area (Å²) in [7, 11) is -2.84. The topological polar surface area (TPSA) is 49.4 Å². The Morgan fingerprint density at radius 1 is 1.42 bits per heavy atom. The molecule has 1 aliphatic carbocycles. The minimum absolute atomic E-state index is 0.224. The molecule has 2 rings (SSSR count). The summed E-state index contributed by atoms with van der Waals surface area (Å²) in [4.78, 5) is 3.90.